The van der Waals surface area contributed by atoms with Crippen LogP contribution in [-0.2, 0) is 14.3 Å². The van der Waals surface area contributed by atoms with Crippen LogP contribution in [0, 0.1) is 6.92 Å². The zero-order valence-corrected chi connectivity index (χ0v) is 14.5. The molecule has 1 aromatic carbocycles. The summed E-state index contributed by atoms with van der Waals surface area (Å²) in [7, 11) is 0. The predicted octanol–water partition coefficient (Wildman–Crippen LogP) is 2.83. The van der Waals surface area contributed by atoms with Crippen molar-refractivity contribution < 1.29 is 19.1 Å². The van der Waals surface area contributed by atoms with E-state index in [0.717, 1.165) is 24.0 Å². The molecule has 2 N–H and O–H groups in total. The zero-order chi connectivity index (χ0) is 17.9. The Morgan fingerprint density at radius 1 is 1.29 bits per heavy atom. The molecule has 0 aromatic heterocycles. The lowest BCUT2D eigenvalue weighted by Gasteiger charge is -2.06. The van der Waals surface area contributed by atoms with E-state index >= 15 is 0 Å². The van der Waals surface area contributed by atoms with Gasteiger partial charge in [-0.25, -0.2) is 9.59 Å². The van der Waals surface area contributed by atoms with E-state index in [9.17, 15) is 14.4 Å². The fourth-order valence-electron chi connectivity index (χ4n) is 1.65. The first-order valence-electron chi connectivity index (χ1n) is 7.61. The molecule has 0 radical (unpaired) electrons. The highest BCUT2D eigenvalue weighted by Gasteiger charge is 2.09. The first-order valence-corrected chi connectivity index (χ1v) is 7.99. The Labute approximate surface area is 146 Å². The molecule has 0 heterocycles. The minimum absolute atomic E-state index is 0.483. The summed E-state index contributed by atoms with van der Waals surface area (Å²) in [6.07, 6.45) is 4.48. The number of urea groups is 1. The number of rotatable bonds is 7. The number of unbranched alkanes of at least 4 members (excludes halogenated alkanes) is 1. The van der Waals surface area contributed by atoms with Gasteiger partial charge < -0.3 is 10.1 Å². The van der Waals surface area contributed by atoms with Crippen LogP contribution in [0.1, 0.15) is 30.9 Å². The minimum atomic E-state index is -0.691. The molecule has 24 heavy (non-hydrogen) atoms. The van der Waals surface area contributed by atoms with E-state index in [1.165, 1.54) is 12.2 Å². The van der Waals surface area contributed by atoms with Gasteiger partial charge in [0, 0.05) is 17.6 Å². The van der Waals surface area contributed by atoms with Crippen LogP contribution in [0.5, 0.6) is 0 Å². The van der Waals surface area contributed by atoms with Crippen LogP contribution in [0.2, 0.25) is 5.02 Å². The number of carbonyl (C=O) groups excluding carboxylic acids is 3. The number of carbonyl (C=O) groups is 3. The smallest absolute Gasteiger partial charge is 0.331 e. The molecule has 7 heteroatoms. The number of ether oxygens (including phenoxy) is 1. The van der Waals surface area contributed by atoms with Crippen molar-refractivity contribution in [2.75, 3.05) is 13.2 Å². The summed E-state index contributed by atoms with van der Waals surface area (Å²) in [5.74, 6) is -1.38. The van der Waals surface area contributed by atoms with Crippen molar-refractivity contribution >= 4 is 35.6 Å². The first kappa shape index (κ1) is 19.7. The molecule has 1 aromatic rings. The van der Waals surface area contributed by atoms with Crippen molar-refractivity contribution in [3.63, 3.8) is 0 Å². The molecule has 3 amide bonds. The number of hydrogen-bond acceptors (Lipinski definition) is 4. The van der Waals surface area contributed by atoms with E-state index < -0.39 is 24.5 Å². The number of esters is 1. The number of benzene rings is 1. The molecule has 0 aliphatic carbocycles. The Morgan fingerprint density at radius 3 is 2.71 bits per heavy atom. The number of nitrogens with one attached hydrogen (secondary N) is 2. The number of imide groups is 1. The number of halogens is 1. The van der Waals surface area contributed by atoms with Crippen molar-refractivity contribution in [3.05, 3.63) is 40.4 Å². The van der Waals surface area contributed by atoms with Gasteiger partial charge in [-0.3, -0.25) is 10.1 Å². The van der Waals surface area contributed by atoms with Gasteiger partial charge in [0.25, 0.3) is 5.91 Å². The molecule has 0 fully saturated rings. The lowest BCUT2D eigenvalue weighted by molar-refractivity contribution is -0.143. The van der Waals surface area contributed by atoms with Crippen LogP contribution in [0.3, 0.4) is 0 Å². The Hall–Kier alpha value is -2.34. The van der Waals surface area contributed by atoms with Crippen LogP contribution in [0.25, 0.3) is 6.08 Å². The van der Waals surface area contributed by atoms with E-state index in [1.54, 1.807) is 12.1 Å². The second-order valence-corrected chi connectivity index (χ2v) is 5.51. The number of hydrogen-bond donors (Lipinski definition) is 2. The maximum atomic E-state index is 11.5. The third kappa shape index (κ3) is 7.78. The highest BCUT2D eigenvalue weighted by molar-refractivity contribution is 6.31. The van der Waals surface area contributed by atoms with Gasteiger partial charge in [0.05, 0.1) is 0 Å². The maximum absolute atomic E-state index is 11.5. The lowest BCUT2D eigenvalue weighted by Crippen LogP contribution is -2.41. The summed E-state index contributed by atoms with van der Waals surface area (Å²) >= 11 is 5.98. The molecule has 0 aliphatic rings. The maximum Gasteiger partial charge on any atom is 0.331 e. The standard InChI is InChI=1S/C17H21ClN2O4/c1-3-4-9-19-17(23)20-15(21)11-24-16(22)8-7-13-6-5-12(2)14(18)10-13/h5-8,10H,3-4,9,11H2,1-2H3,(H2,19,20,21,23)/b8-7+. The summed E-state index contributed by atoms with van der Waals surface area (Å²) in [6.45, 7) is 3.82. The molecule has 1 rings (SSSR count). The van der Waals surface area contributed by atoms with Gasteiger partial charge in [-0.2, -0.15) is 0 Å². The molecule has 0 bridgehead atoms. The Morgan fingerprint density at radius 2 is 2.04 bits per heavy atom. The fraction of sp³-hybridized carbons (Fsp3) is 0.353. The average molecular weight is 353 g/mol. The van der Waals surface area contributed by atoms with Crippen molar-refractivity contribution in [1.82, 2.24) is 10.6 Å². The number of aryl methyl sites for hydroxylation is 1. The van der Waals surface area contributed by atoms with Crippen molar-refractivity contribution in [1.29, 1.82) is 0 Å². The number of amides is 3. The first-order chi connectivity index (χ1) is 11.4. The van der Waals surface area contributed by atoms with Crippen LogP contribution < -0.4 is 10.6 Å². The average Bonchev–Trinajstić information content (AvgIpc) is 2.54. The molecule has 0 saturated carbocycles. The summed E-state index contributed by atoms with van der Waals surface area (Å²) in [5.41, 5.74) is 1.67. The summed E-state index contributed by atoms with van der Waals surface area (Å²) in [5, 5.41) is 5.19. The Bertz CT molecular complexity index is 629. The van der Waals surface area contributed by atoms with Crippen molar-refractivity contribution in [2.45, 2.75) is 26.7 Å². The lowest BCUT2D eigenvalue weighted by atomic mass is 10.1. The van der Waals surface area contributed by atoms with Crippen LogP contribution in [0.15, 0.2) is 24.3 Å². The molecule has 6 nitrogen and oxygen atoms in total. The predicted molar refractivity (Wildman–Crippen MR) is 92.6 cm³/mol. The molecule has 0 saturated heterocycles. The molecule has 0 spiro atoms. The molecule has 0 aliphatic heterocycles. The van der Waals surface area contributed by atoms with Crippen LogP contribution in [0.4, 0.5) is 4.79 Å². The molecular formula is C17H21ClN2O4. The SMILES string of the molecule is CCCCNC(=O)NC(=O)COC(=O)/C=C/c1ccc(C)c(Cl)c1. The largest absolute Gasteiger partial charge is 0.452 e. The molecular weight excluding hydrogens is 332 g/mol. The topological polar surface area (TPSA) is 84.5 Å². The van der Waals surface area contributed by atoms with Gasteiger partial charge in [-0.1, -0.05) is 37.1 Å². The molecule has 130 valence electrons. The van der Waals surface area contributed by atoms with E-state index in [-0.39, 0.29) is 0 Å². The third-order valence-corrected chi connectivity index (χ3v) is 3.43. The van der Waals surface area contributed by atoms with Gasteiger partial charge in [-0.05, 0) is 36.6 Å². The van der Waals surface area contributed by atoms with Gasteiger partial charge >= 0.3 is 12.0 Å². The van der Waals surface area contributed by atoms with Gasteiger partial charge in [0.15, 0.2) is 6.61 Å². The fourth-order valence-corrected chi connectivity index (χ4v) is 1.84. The quantitative estimate of drug-likeness (QED) is 0.449. The monoisotopic (exact) mass is 352 g/mol. The highest BCUT2D eigenvalue weighted by atomic mass is 35.5. The highest BCUT2D eigenvalue weighted by Crippen LogP contribution is 2.17. The normalized spacial score (nSPS) is 10.5. The van der Waals surface area contributed by atoms with Gasteiger partial charge in [0.2, 0.25) is 0 Å². The van der Waals surface area contributed by atoms with Crippen molar-refractivity contribution in [2.24, 2.45) is 0 Å². The summed E-state index contributed by atoms with van der Waals surface area (Å²) in [4.78, 5) is 34.3. The zero-order valence-electron chi connectivity index (χ0n) is 13.7. The van der Waals surface area contributed by atoms with E-state index in [4.69, 9.17) is 16.3 Å². The van der Waals surface area contributed by atoms with Crippen molar-refractivity contribution in [3.8, 4) is 0 Å². The third-order valence-electron chi connectivity index (χ3n) is 3.02. The second-order valence-electron chi connectivity index (χ2n) is 5.11. The van der Waals surface area contributed by atoms with E-state index in [2.05, 4.69) is 10.6 Å². The van der Waals surface area contributed by atoms with Crippen LogP contribution >= 0.6 is 11.6 Å². The second kappa shape index (κ2) is 10.4. The van der Waals surface area contributed by atoms with E-state index in [1.807, 2.05) is 19.9 Å². The van der Waals surface area contributed by atoms with Gasteiger partial charge in [0.1, 0.15) is 0 Å². The minimum Gasteiger partial charge on any atom is -0.452 e. The van der Waals surface area contributed by atoms with Gasteiger partial charge in [-0.15, -0.1) is 0 Å². The summed E-state index contributed by atoms with van der Waals surface area (Å²) in [6, 6.07) is 4.75. The molecule has 0 atom stereocenters. The summed E-state index contributed by atoms with van der Waals surface area (Å²) < 4.78 is 4.76. The molecule has 0 unspecified atom stereocenters. The Kier molecular flexibility index (Phi) is 8.57. The van der Waals surface area contributed by atoms with Crippen LogP contribution in [-0.4, -0.2) is 31.1 Å². The van der Waals surface area contributed by atoms with E-state index in [0.29, 0.717) is 11.6 Å². The Balaban J connectivity index is 2.34.